The number of alkyl halides is 1. The van der Waals surface area contributed by atoms with Gasteiger partial charge in [-0.05, 0) is 74.0 Å². The summed E-state index contributed by atoms with van der Waals surface area (Å²) in [7, 11) is 0. The highest BCUT2D eigenvalue weighted by Crippen LogP contribution is 2.73. The standard InChI is InChI=1S/C20H31ClO3/c1-16(13-22)6-3-7-17(2)14(16)4-8-18-10-19(23,9-5-15(17)18)20(24,11-18)12-21/h13-15,23-24H,3-12H2,1-2H3/t14-,15+,16+,17-,18+,19+,20-/m1/s1. The Morgan fingerprint density at radius 3 is 2.42 bits per heavy atom. The highest BCUT2D eigenvalue weighted by atomic mass is 35.5. The lowest BCUT2D eigenvalue weighted by atomic mass is 9.41. The van der Waals surface area contributed by atoms with Crippen molar-refractivity contribution in [2.24, 2.45) is 28.1 Å². The number of rotatable bonds is 2. The molecule has 0 unspecified atom stereocenters. The number of aldehydes is 1. The molecule has 24 heavy (non-hydrogen) atoms. The van der Waals surface area contributed by atoms with Crippen molar-refractivity contribution in [3.8, 4) is 0 Å². The average Bonchev–Trinajstić information content (AvgIpc) is 2.69. The van der Waals surface area contributed by atoms with Crippen molar-refractivity contribution >= 4 is 17.9 Å². The second-order valence-electron chi connectivity index (χ2n) is 10.1. The van der Waals surface area contributed by atoms with Crippen LogP contribution < -0.4 is 0 Å². The first-order valence-electron chi connectivity index (χ1n) is 9.64. The SMILES string of the molecule is C[C@@]12CCC[C@@](C)(C=O)[C@H]1CC[C@]13C[C@@](O)(CCl)[C@](O)(CC[C@H]12)C3. The third kappa shape index (κ3) is 1.90. The van der Waals surface area contributed by atoms with E-state index in [0.717, 1.165) is 32.1 Å². The van der Waals surface area contributed by atoms with Crippen molar-refractivity contribution < 1.29 is 15.0 Å². The van der Waals surface area contributed by atoms with Gasteiger partial charge in [0.25, 0.3) is 0 Å². The van der Waals surface area contributed by atoms with Gasteiger partial charge in [-0.2, -0.15) is 0 Å². The van der Waals surface area contributed by atoms with Crippen molar-refractivity contribution in [3.05, 3.63) is 0 Å². The van der Waals surface area contributed by atoms with Gasteiger partial charge < -0.3 is 15.0 Å². The van der Waals surface area contributed by atoms with Gasteiger partial charge in [0, 0.05) is 5.41 Å². The predicted octanol–water partition coefficient (Wildman–Crippen LogP) is 3.68. The van der Waals surface area contributed by atoms with E-state index < -0.39 is 11.2 Å². The van der Waals surface area contributed by atoms with Gasteiger partial charge in [0.2, 0.25) is 0 Å². The summed E-state index contributed by atoms with van der Waals surface area (Å²) in [4.78, 5) is 11.9. The Morgan fingerprint density at radius 2 is 1.75 bits per heavy atom. The van der Waals surface area contributed by atoms with Gasteiger partial charge in [0.15, 0.2) is 0 Å². The molecule has 2 bridgehead atoms. The molecule has 3 nitrogen and oxygen atoms in total. The fourth-order valence-corrected chi connectivity index (χ4v) is 8.31. The van der Waals surface area contributed by atoms with Crippen molar-refractivity contribution in [2.45, 2.75) is 82.8 Å². The summed E-state index contributed by atoms with van der Waals surface area (Å²) in [5.41, 5.74) is -2.22. The molecule has 4 aliphatic carbocycles. The lowest BCUT2D eigenvalue weighted by molar-refractivity contribution is -0.171. The van der Waals surface area contributed by atoms with Crippen LogP contribution in [0.15, 0.2) is 0 Å². The number of carbonyl (C=O) groups is 1. The summed E-state index contributed by atoms with van der Waals surface area (Å²) < 4.78 is 0. The molecule has 4 aliphatic rings. The molecule has 0 amide bonds. The minimum absolute atomic E-state index is 0.00300. The maximum atomic E-state index is 11.9. The van der Waals surface area contributed by atoms with Crippen molar-refractivity contribution in [1.29, 1.82) is 0 Å². The van der Waals surface area contributed by atoms with E-state index in [1.165, 1.54) is 12.7 Å². The van der Waals surface area contributed by atoms with Gasteiger partial charge in [-0.15, -0.1) is 11.6 Å². The van der Waals surface area contributed by atoms with Gasteiger partial charge in [-0.25, -0.2) is 0 Å². The van der Waals surface area contributed by atoms with Crippen molar-refractivity contribution in [3.63, 3.8) is 0 Å². The van der Waals surface area contributed by atoms with E-state index in [0.29, 0.717) is 31.1 Å². The summed E-state index contributed by atoms with van der Waals surface area (Å²) in [5.74, 6) is 1.04. The first kappa shape index (κ1) is 17.3. The molecule has 0 aromatic rings. The Morgan fingerprint density at radius 1 is 1.04 bits per heavy atom. The maximum Gasteiger partial charge on any atom is 0.126 e. The van der Waals surface area contributed by atoms with Gasteiger partial charge in [-0.1, -0.05) is 20.3 Å². The number of halogens is 1. The van der Waals surface area contributed by atoms with Gasteiger partial charge >= 0.3 is 0 Å². The van der Waals surface area contributed by atoms with Gasteiger partial charge in [-0.3, -0.25) is 0 Å². The zero-order chi connectivity index (χ0) is 17.4. The molecule has 7 atom stereocenters. The number of aliphatic hydroxyl groups is 2. The van der Waals surface area contributed by atoms with Crippen LogP contribution in [0.1, 0.15) is 71.6 Å². The predicted molar refractivity (Wildman–Crippen MR) is 93.9 cm³/mol. The van der Waals surface area contributed by atoms with Crippen LogP contribution in [0.4, 0.5) is 0 Å². The highest BCUT2D eigenvalue weighted by molar-refractivity contribution is 6.18. The number of hydrogen-bond acceptors (Lipinski definition) is 3. The fourth-order valence-electron chi connectivity index (χ4n) is 7.97. The monoisotopic (exact) mass is 354 g/mol. The van der Waals surface area contributed by atoms with Crippen LogP contribution in [0, 0.1) is 28.1 Å². The van der Waals surface area contributed by atoms with E-state index in [9.17, 15) is 15.0 Å². The number of carbonyl (C=O) groups excluding carboxylic acids is 1. The largest absolute Gasteiger partial charge is 0.387 e. The quantitative estimate of drug-likeness (QED) is 0.587. The van der Waals surface area contributed by atoms with Crippen LogP contribution >= 0.6 is 11.6 Å². The molecular formula is C20H31ClO3. The van der Waals surface area contributed by atoms with Gasteiger partial charge in [0.1, 0.15) is 11.9 Å². The first-order valence-corrected chi connectivity index (χ1v) is 10.2. The molecule has 4 heteroatoms. The number of fused-ring (bicyclic) bond motifs is 3. The normalized spacial score (nSPS) is 59.5. The van der Waals surface area contributed by atoms with Crippen molar-refractivity contribution in [2.75, 3.05) is 5.88 Å². The van der Waals surface area contributed by atoms with Crippen LogP contribution in [0.3, 0.4) is 0 Å². The second kappa shape index (κ2) is 4.98. The molecular weight excluding hydrogens is 324 g/mol. The molecule has 0 radical (unpaired) electrons. The molecule has 1 spiro atoms. The lowest BCUT2D eigenvalue weighted by Gasteiger charge is -2.63. The van der Waals surface area contributed by atoms with Crippen LogP contribution in [-0.4, -0.2) is 33.6 Å². The van der Waals surface area contributed by atoms with Crippen LogP contribution in [0.5, 0.6) is 0 Å². The Kier molecular flexibility index (Phi) is 3.59. The Balaban J connectivity index is 1.75. The second-order valence-corrected chi connectivity index (χ2v) is 10.3. The van der Waals surface area contributed by atoms with E-state index in [2.05, 4.69) is 13.8 Å². The van der Waals surface area contributed by atoms with Crippen LogP contribution in [-0.2, 0) is 4.79 Å². The molecule has 4 fully saturated rings. The fraction of sp³-hybridized carbons (Fsp3) is 0.950. The van der Waals surface area contributed by atoms with E-state index in [1.54, 1.807) is 0 Å². The topological polar surface area (TPSA) is 57.5 Å². The zero-order valence-corrected chi connectivity index (χ0v) is 15.7. The van der Waals surface area contributed by atoms with E-state index >= 15 is 0 Å². The maximum absolute atomic E-state index is 11.9. The Labute approximate surface area is 150 Å². The summed E-state index contributed by atoms with van der Waals surface area (Å²) in [5, 5.41) is 22.2. The van der Waals surface area contributed by atoms with E-state index in [4.69, 9.17) is 11.6 Å². The van der Waals surface area contributed by atoms with E-state index in [-0.39, 0.29) is 22.1 Å². The summed E-state index contributed by atoms with van der Waals surface area (Å²) in [6.07, 6.45) is 9.48. The van der Waals surface area contributed by atoms with Gasteiger partial charge in [0.05, 0.1) is 11.5 Å². The Hall–Kier alpha value is -0.120. The first-order chi connectivity index (χ1) is 11.2. The summed E-state index contributed by atoms with van der Waals surface area (Å²) >= 11 is 6.12. The third-order valence-electron chi connectivity index (χ3n) is 8.98. The summed E-state index contributed by atoms with van der Waals surface area (Å²) in [6.45, 7) is 4.55. The van der Waals surface area contributed by atoms with E-state index in [1.807, 2.05) is 0 Å². The summed E-state index contributed by atoms with van der Waals surface area (Å²) in [6, 6.07) is 0. The Bertz CT molecular complexity index is 565. The minimum atomic E-state index is -1.14. The molecule has 4 rings (SSSR count). The van der Waals surface area contributed by atoms with Crippen molar-refractivity contribution in [1.82, 2.24) is 0 Å². The highest BCUT2D eigenvalue weighted by Gasteiger charge is 2.71. The zero-order valence-electron chi connectivity index (χ0n) is 15.0. The molecule has 0 aliphatic heterocycles. The smallest absolute Gasteiger partial charge is 0.126 e. The minimum Gasteiger partial charge on any atom is -0.387 e. The molecule has 136 valence electrons. The average molecular weight is 355 g/mol. The third-order valence-corrected chi connectivity index (χ3v) is 9.42. The van der Waals surface area contributed by atoms with Crippen LogP contribution in [0.2, 0.25) is 0 Å². The molecule has 0 saturated heterocycles. The number of hydrogen-bond donors (Lipinski definition) is 2. The molecule has 2 N–H and O–H groups in total. The lowest BCUT2D eigenvalue weighted by Crippen LogP contribution is -2.58. The molecule has 0 aromatic carbocycles. The molecule has 4 saturated carbocycles. The molecule has 0 aromatic heterocycles. The molecule has 0 heterocycles. The van der Waals surface area contributed by atoms with Crippen LogP contribution in [0.25, 0.3) is 0 Å².